The topological polar surface area (TPSA) is 0 Å². The fourth-order valence-corrected chi connectivity index (χ4v) is 6.65. The smallest absolute Gasteiger partial charge is 0.00244 e. The first-order valence-corrected chi connectivity index (χ1v) is 8.52. The highest BCUT2D eigenvalue weighted by Gasteiger charge is 2.64. The summed E-state index contributed by atoms with van der Waals surface area (Å²) < 4.78 is 0. The highest BCUT2D eigenvalue weighted by molar-refractivity contribution is 5.39. The fraction of sp³-hybridized carbons (Fsp3) is 0.600. The Kier molecular flexibility index (Phi) is 2.08. The van der Waals surface area contributed by atoms with Crippen LogP contribution in [0.2, 0.25) is 0 Å². The molecule has 0 N–H and O–H groups in total. The van der Waals surface area contributed by atoms with Crippen molar-refractivity contribution in [3.05, 3.63) is 47.5 Å². The maximum atomic E-state index is 2.67. The van der Waals surface area contributed by atoms with Crippen LogP contribution in [0.15, 0.2) is 36.4 Å². The van der Waals surface area contributed by atoms with Gasteiger partial charge in [-0.15, -0.1) is 0 Å². The van der Waals surface area contributed by atoms with Crippen molar-refractivity contribution >= 4 is 0 Å². The molecular formula is C20H24. The maximum absolute atomic E-state index is 2.67. The van der Waals surface area contributed by atoms with Crippen LogP contribution in [0.3, 0.4) is 0 Å². The first kappa shape index (κ1) is 11.6. The van der Waals surface area contributed by atoms with E-state index in [0.717, 1.165) is 17.8 Å². The third-order valence-electron chi connectivity index (χ3n) is 7.68. The van der Waals surface area contributed by atoms with Crippen molar-refractivity contribution in [2.75, 3.05) is 0 Å². The zero-order valence-corrected chi connectivity index (χ0v) is 12.4. The number of rotatable bonds is 0. The highest BCUT2D eigenvalue weighted by atomic mass is 14.7. The number of aryl methyl sites for hydroxylation is 1. The first-order valence-electron chi connectivity index (χ1n) is 8.52. The van der Waals surface area contributed by atoms with Gasteiger partial charge in [0, 0.05) is 0 Å². The Balaban J connectivity index is 1.65. The van der Waals surface area contributed by atoms with Crippen LogP contribution in [0.25, 0.3) is 0 Å². The summed E-state index contributed by atoms with van der Waals surface area (Å²) in [6, 6.07) is 9.29. The second-order valence-electron chi connectivity index (χ2n) is 7.95. The summed E-state index contributed by atoms with van der Waals surface area (Å²) in [5, 5.41) is 0. The molecule has 0 radical (unpaired) electrons. The van der Waals surface area contributed by atoms with Gasteiger partial charge in [-0.1, -0.05) is 43.3 Å². The molecule has 0 saturated heterocycles. The van der Waals surface area contributed by atoms with E-state index in [1.165, 1.54) is 38.5 Å². The predicted octanol–water partition coefficient (Wildman–Crippen LogP) is 5.10. The summed E-state index contributed by atoms with van der Waals surface area (Å²) in [4.78, 5) is 0. The Morgan fingerprint density at radius 3 is 2.80 bits per heavy atom. The molecule has 4 aliphatic carbocycles. The van der Waals surface area contributed by atoms with Gasteiger partial charge in [0.25, 0.3) is 0 Å². The van der Waals surface area contributed by atoms with Crippen LogP contribution in [-0.4, -0.2) is 0 Å². The van der Waals surface area contributed by atoms with E-state index in [9.17, 15) is 0 Å². The Bertz CT molecular complexity index is 598. The maximum Gasteiger partial charge on any atom is -0.00244 e. The van der Waals surface area contributed by atoms with Gasteiger partial charge < -0.3 is 0 Å². The molecule has 0 nitrogen and oxygen atoms in total. The fourth-order valence-electron chi connectivity index (χ4n) is 6.65. The third-order valence-corrected chi connectivity index (χ3v) is 7.68. The van der Waals surface area contributed by atoms with Crippen molar-refractivity contribution < 1.29 is 0 Å². The number of hydrogen-bond donors (Lipinski definition) is 0. The van der Waals surface area contributed by atoms with E-state index < -0.39 is 0 Å². The monoisotopic (exact) mass is 264 g/mol. The summed E-state index contributed by atoms with van der Waals surface area (Å²) in [6.07, 6.45) is 13.8. The lowest BCUT2D eigenvalue weighted by Crippen LogP contribution is -2.47. The molecular weight excluding hydrogens is 240 g/mol. The van der Waals surface area contributed by atoms with E-state index in [-0.39, 0.29) is 0 Å². The Morgan fingerprint density at radius 2 is 1.95 bits per heavy atom. The van der Waals surface area contributed by atoms with Gasteiger partial charge in [0.15, 0.2) is 0 Å². The molecule has 2 bridgehead atoms. The van der Waals surface area contributed by atoms with Gasteiger partial charge in [-0.2, -0.15) is 0 Å². The van der Waals surface area contributed by atoms with Crippen molar-refractivity contribution in [3.8, 4) is 0 Å². The van der Waals surface area contributed by atoms with Crippen LogP contribution >= 0.6 is 0 Å². The van der Waals surface area contributed by atoms with Gasteiger partial charge >= 0.3 is 0 Å². The van der Waals surface area contributed by atoms with E-state index in [1.54, 1.807) is 11.1 Å². The van der Waals surface area contributed by atoms with Crippen LogP contribution < -0.4 is 0 Å². The van der Waals surface area contributed by atoms with Crippen molar-refractivity contribution in [3.63, 3.8) is 0 Å². The molecule has 0 heteroatoms. The van der Waals surface area contributed by atoms with E-state index in [0.29, 0.717) is 10.8 Å². The Hall–Kier alpha value is -1.04. The average Bonchev–Trinajstić information content (AvgIpc) is 2.96. The molecule has 5 rings (SSSR count). The van der Waals surface area contributed by atoms with Crippen LogP contribution in [0.5, 0.6) is 0 Å². The van der Waals surface area contributed by atoms with E-state index in [1.807, 2.05) is 0 Å². The summed E-state index contributed by atoms with van der Waals surface area (Å²) >= 11 is 0. The summed E-state index contributed by atoms with van der Waals surface area (Å²) in [5.41, 5.74) is 4.49. The van der Waals surface area contributed by atoms with Crippen molar-refractivity contribution in [2.24, 2.45) is 22.7 Å². The Morgan fingerprint density at radius 1 is 1.05 bits per heavy atom. The molecule has 1 aromatic carbocycles. The van der Waals surface area contributed by atoms with E-state index in [4.69, 9.17) is 0 Å². The lowest BCUT2D eigenvalue weighted by Gasteiger charge is -2.55. The van der Waals surface area contributed by atoms with E-state index >= 15 is 0 Å². The Labute approximate surface area is 122 Å². The molecule has 1 aromatic rings. The minimum absolute atomic E-state index is 0.550. The zero-order chi connectivity index (χ0) is 13.4. The summed E-state index contributed by atoms with van der Waals surface area (Å²) in [5.74, 6) is 2.65. The quantitative estimate of drug-likeness (QED) is 0.572. The lowest BCUT2D eigenvalue weighted by molar-refractivity contribution is -0.00856. The lowest BCUT2D eigenvalue weighted by atomic mass is 9.48. The minimum atomic E-state index is 0.550. The molecule has 4 aliphatic rings. The number of fused-ring (bicyclic) bond motifs is 3. The molecule has 0 unspecified atom stereocenters. The molecule has 0 aromatic heterocycles. The molecule has 2 fully saturated rings. The molecule has 0 spiro atoms. The van der Waals surface area contributed by atoms with E-state index in [2.05, 4.69) is 43.3 Å². The summed E-state index contributed by atoms with van der Waals surface area (Å²) in [7, 11) is 0. The second-order valence-corrected chi connectivity index (χ2v) is 7.95. The average molecular weight is 264 g/mol. The highest BCUT2D eigenvalue weighted by Crippen LogP contribution is 2.73. The predicted molar refractivity (Wildman–Crippen MR) is 82.6 cm³/mol. The van der Waals surface area contributed by atoms with Gasteiger partial charge in [0.2, 0.25) is 0 Å². The number of allylic oxidation sites excluding steroid dienone is 2. The third kappa shape index (κ3) is 1.13. The largest absolute Gasteiger partial charge is 0.0843 e. The zero-order valence-electron chi connectivity index (χ0n) is 12.4. The molecule has 0 amide bonds. The molecule has 104 valence electrons. The van der Waals surface area contributed by atoms with Gasteiger partial charge in [0.1, 0.15) is 0 Å². The van der Waals surface area contributed by atoms with Crippen molar-refractivity contribution in [1.29, 1.82) is 0 Å². The number of benzene rings is 1. The SMILES string of the molecule is C[C@]12CC[C@@H]3c4ccccc4CC[C@H]3[C@@]13C=C[C@H]2CC3. The van der Waals surface area contributed by atoms with Crippen LogP contribution in [0, 0.1) is 22.7 Å². The van der Waals surface area contributed by atoms with Crippen LogP contribution in [0.4, 0.5) is 0 Å². The van der Waals surface area contributed by atoms with Crippen LogP contribution in [-0.2, 0) is 6.42 Å². The molecule has 0 aliphatic heterocycles. The number of hydrogen-bond acceptors (Lipinski definition) is 0. The van der Waals surface area contributed by atoms with Gasteiger partial charge in [-0.25, -0.2) is 0 Å². The molecule has 2 saturated carbocycles. The van der Waals surface area contributed by atoms with Gasteiger partial charge in [-0.3, -0.25) is 0 Å². The summed E-state index contributed by atoms with van der Waals surface area (Å²) in [6.45, 7) is 2.61. The molecule has 0 heterocycles. The normalized spacial score (nSPS) is 47.8. The van der Waals surface area contributed by atoms with Crippen LogP contribution in [0.1, 0.15) is 56.1 Å². The minimum Gasteiger partial charge on any atom is -0.0843 e. The first-order chi connectivity index (χ1) is 9.75. The van der Waals surface area contributed by atoms with Crippen molar-refractivity contribution in [1.82, 2.24) is 0 Å². The van der Waals surface area contributed by atoms with Crippen molar-refractivity contribution in [2.45, 2.75) is 51.4 Å². The van der Waals surface area contributed by atoms with Gasteiger partial charge in [0.05, 0.1) is 0 Å². The second kappa shape index (κ2) is 3.59. The standard InChI is InChI=1S/C20H24/c1-19-11-10-17-16-5-3-2-4-14(16)6-7-18(17)20(19)12-8-15(19)9-13-20/h2-5,8,12,15,17-18H,6-7,9-11,13H2,1H3/t15-,17+,18+,19+,20-/m0/s1. The molecule has 20 heavy (non-hydrogen) atoms. The van der Waals surface area contributed by atoms with Gasteiger partial charge in [-0.05, 0) is 78.2 Å². The molecule has 5 atom stereocenters.